The van der Waals surface area contributed by atoms with Gasteiger partial charge >= 0.3 is 0 Å². The number of thiazole rings is 1. The molecule has 3 nitrogen and oxygen atoms in total. The van der Waals surface area contributed by atoms with Gasteiger partial charge in [0.1, 0.15) is 5.01 Å². The minimum absolute atomic E-state index is 0.0683. The van der Waals surface area contributed by atoms with Gasteiger partial charge in [0.05, 0.1) is 11.7 Å². The molecule has 1 unspecified atom stereocenters. The Labute approximate surface area is 108 Å². The van der Waals surface area contributed by atoms with Crippen molar-refractivity contribution in [2.45, 2.75) is 58.2 Å². The number of nitrogens with two attached hydrogens (primary N) is 1. The fraction of sp³-hybridized carbons (Fsp3) is 0.769. The van der Waals surface area contributed by atoms with E-state index in [1.807, 2.05) is 6.92 Å². The Morgan fingerprint density at radius 1 is 1.59 bits per heavy atom. The molecule has 96 valence electrons. The maximum absolute atomic E-state index is 5.84. The van der Waals surface area contributed by atoms with Crippen molar-refractivity contribution in [2.75, 3.05) is 6.54 Å². The largest absolute Gasteiger partial charge is 0.322 e. The number of hydrogen-bond acceptors (Lipinski definition) is 4. The lowest BCUT2D eigenvalue weighted by molar-refractivity contribution is 0.248. The highest BCUT2D eigenvalue weighted by Crippen LogP contribution is 2.29. The van der Waals surface area contributed by atoms with E-state index >= 15 is 0 Å². The van der Waals surface area contributed by atoms with Gasteiger partial charge in [-0.15, -0.1) is 11.3 Å². The topological polar surface area (TPSA) is 42.1 Å². The summed E-state index contributed by atoms with van der Waals surface area (Å²) in [5.74, 6) is 0. The van der Waals surface area contributed by atoms with Crippen LogP contribution in [0.1, 0.15) is 56.3 Å². The van der Waals surface area contributed by atoms with Crippen molar-refractivity contribution in [3.05, 3.63) is 16.1 Å². The van der Waals surface area contributed by atoms with Crippen LogP contribution in [0.3, 0.4) is 0 Å². The van der Waals surface area contributed by atoms with Gasteiger partial charge in [-0.2, -0.15) is 0 Å². The summed E-state index contributed by atoms with van der Waals surface area (Å²) in [5.41, 5.74) is 7.04. The number of hydrogen-bond donors (Lipinski definition) is 1. The minimum atomic E-state index is 0.0683. The number of rotatable bonds is 7. The Kier molecular flexibility index (Phi) is 4.54. The van der Waals surface area contributed by atoms with Crippen molar-refractivity contribution in [2.24, 2.45) is 5.73 Å². The van der Waals surface area contributed by atoms with Crippen molar-refractivity contribution < 1.29 is 0 Å². The van der Waals surface area contributed by atoms with E-state index in [0.29, 0.717) is 0 Å². The number of nitrogens with zero attached hydrogens (tertiary/aromatic N) is 2. The first-order valence-electron chi connectivity index (χ1n) is 6.64. The van der Waals surface area contributed by atoms with E-state index < -0.39 is 0 Å². The molecule has 1 saturated carbocycles. The summed E-state index contributed by atoms with van der Waals surface area (Å²) >= 11 is 1.69. The molecule has 1 aromatic heterocycles. The molecule has 1 aliphatic carbocycles. The normalized spacial score (nSPS) is 17.6. The molecular weight excluding hydrogens is 230 g/mol. The first-order chi connectivity index (χ1) is 8.20. The van der Waals surface area contributed by atoms with Crippen LogP contribution in [0.4, 0.5) is 0 Å². The molecule has 1 aromatic rings. The van der Waals surface area contributed by atoms with Crippen LogP contribution < -0.4 is 5.73 Å². The van der Waals surface area contributed by atoms with E-state index in [4.69, 9.17) is 5.73 Å². The SMILES string of the molecule is CCCCN(Cc1csc(C(C)N)n1)C1CC1. The van der Waals surface area contributed by atoms with Crippen LogP contribution in [0.5, 0.6) is 0 Å². The van der Waals surface area contributed by atoms with Crippen LogP contribution in [0.25, 0.3) is 0 Å². The zero-order valence-corrected chi connectivity index (χ0v) is 11.7. The first kappa shape index (κ1) is 13.0. The summed E-state index contributed by atoms with van der Waals surface area (Å²) in [6, 6.07) is 0.890. The van der Waals surface area contributed by atoms with Gasteiger partial charge in [0.25, 0.3) is 0 Å². The highest BCUT2D eigenvalue weighted by atomic mass is 32.1. The van der Waals surface area contributed by atoms with Crippen molar-refractivity contribution >= 4 is 11.3 Å². The average molecular weight is 253 g/mol. The van der Waals surface area contributed by atoms with Crippen LogP contribution in [0, 0.1) is 0 Å². The van der Waals surface area contributed by atoms with Gasteiger partial charge in [-0.3, -0.25) is 4.90 Å². The van der Waals surface area contributed by atoms with E-state index in [2.05, 4.69) is 22.2 Å². The summed E-state index contributed by atoms with van der Waals surface area (Å²) in [6.45, 7) is 6.47. The smallest absolute Gasteiger partial charge is 0.109 e. The molecule has 1 heterocycles. The summed E-state index contributed by atoms with van der Waals surface area (Å²) in [6.07, 6.45) is 5.30. The third-order valence-corrected chi connectivity index (χ3v) is 4.28. The van der Waals surface area contributed by atoms with Crippen LogP contribution >= 0.6 is 11.3 Å². The molecule has 2 N–H and O–H groups in total. The van der Waals surface area contributed by atoms with Crippen LogP contribution in [-0.2, 0) is 6.54 Å². The van der Waals surface area contributed by atoms with Crippen LogP contribution in [-0.4, -0.2) is 22.5 Å². The maximum Gasteiger partial charge on any atom is 0.109 e. The molecule has 0 radical (unpaired) electrons. The Morgan fingerprint density at radius 2 is 2.35 bits per heavy atom. The molecule has 0 aliphatic heterocycles. The maximum atomic E-state index is 5.84. The molecule has 0 saturated heterocycles. The van der Waals surface area contributed by atoms with Crippen LogP contribution in [0.15, 0.2) is 5.38 Å². The van der Waals surface area contributed by atoms with Crippen molar-refractivity contribution in [3.8, 4) is 0 Å². The van der Waals surface area contributed by atoms with Gasteiger partial charge in [-0.05, 0) is 32.7 Å². The zero-order valence-electron chi connectivity index (χ0n) is 10.9. The lowest BCUT2D eigenvalue weighted by atomic mass is 10.3. The Balaban J connectivity index is 1.91. The second-order valence-corrected chi connectivity index (χ2v) is 5.91. The molecule has 1 atom stereocenters. The predicted molar refractivity (Wildman–Crippen MR) is 73.1 cm³/mol. The number of aromatic nitrogens is 1. The van der Waals surface area contributed by atoms with Gasteiger partial charge < -0.3 is 5.73 Å². The summed E-state index contributed by atoms with van der Waals surface area (Å²) in [4.78, 5) is 7.21. The Hall–Kier alpha value is -0.450. The van der Waals surface area contributed by atoms with Crippen molar-refractivity contribution in [1.29, 1.82) is 0 Å². The Bertz CT molecular complexity index is 344. The molecular formula is C13H23N3S. The highest BCUT2D eigenvalue weighted by Gasteiger charge is 2.28. The van der Waals surface area contributed by atoms with E-state index in [9.17, 15) is 0 Å². The molecule has 1 fully saturated rings. The second kappa shape index (κ2) is 5.94. The zero-order chi connectivity index (χ0) is 12.3. The van der Waals surface area contributed by atoms with Gasteiger partial charge in [0.2, 0.25) is 0 Å². The average Bonchev–Trinajstić information content (AvgIpc) is 3.04. The molecule has 0 amide bonds. The number of unbranched alkanes of at least 4 members (excludes halogenated alkanes) is 1. The van der Waals surface area contributed by atoms with Gasteiger partial charge in [-0.25, -0.2) is 4.98 Å². The molecule has 0 aromatic carbocycles. The fourth-order valence-electron chi connectivity index (χ4n) is 2.00. The summed E-state index contributed by atoms with van der Waals surface area (Å²) < 4.78 is 0. The van der Waals surface area contributed by atoms with Crippen molar-refractivity contribution in [1.82, 2.24) is 9.88 Å². The standard InChI is InChI=1S/C13H23N3S/c1-3-4-7-16(12-5-6-12)8-11-9-17-13(15-11)10(2)14/h9-10,12H,3-8,14H2,1-2H3. The third kappa shape index (κ3) is 3.76. The third-order valence-electron chi connectivity index (χ3n) is 3.19. The van der Waals surface area contributed by atoms with Crippen molar-refractivity contribution in [3.63, 3.8) is 0 Å². The second-order valence-electron chi connectivity index (χ2n) is 5.02. The lowest BCUT2D eigenvalue weighted by Gasteiger charge is -2.20. The van der Waals surface area contributed by atoms with E-state index in [-0.39, 0.29) is 6.04 Å². The first-order valence-corrected chi connectivity index (χ1v) is 7.52. The Morgan fingerprint density at radius 3 is 2.88 bits per heavy atom. The van der Waals surface area contributed by atoms with Gasteiger partial charge in [0, 0.05) is 18.0 Å². The molecule has 4 heteroatoms. The van der Waals surface area contributed by atoms with Gasteiger partial charge in [-0.1, -0.05) is 13.3 Å². The fourth-order valence-corrected chi connectivity index (χ4v) is 2.77. The highest BCUT2D eigenvalue weighted by molar-refractivity contribution is 7.09. The lowest BCUT2D eigenvalue weighted by Crippen LogP contribution is -2.26. The van der Waals surface area contributed by atoms with Crippen LogP contribution in [0.2, 0.25) is 0 Å². The van der Waals surface area contributed by atoms with E-state index in [1.54, 1.807) is 11.3 Å². The minimum Gasteiger partial charge on any atom is -0.322 e. The molecule has 17 heavy (non-hydrogen) atoms. The van der Waals surface area contributed by atoms with Gasteiger partial charge in [0.15, 0.2) is 0 Å². The molecule has 0 spiro atoms. The summed E-state index contributed by atoms with van der Waals surface area (Å²) in [5, 5.41) is 3.23. The monoisotopic (exact) mass is 253 g/mol. The quantitative estimate of drug-likeness (QED) is 0.812. The molecule has 2 rings (SSSR count). The molecule has 0 bridgehead atoms. The predicted octanol–water partition coefficient (Wildman–Crippen LogP) is 2.93. The van der Waals surface area contributed by atoms with E-state index in [0.717, 1.165) is 17.6 Å². The molecule has 1 aliphatic rings. The van der Waals surface area contributed by atoms with E-state index in [1.165, 1.54) is 37.9 Å². The summed E-state index contributed by atoms with van der Waals surface area (Å²) in [7, 11) is 0.